The van der Waals surface area contributed by atoms with Crippen molar-refractivity contribution in [1.29, 1.82) is 0 Å². The molecular formula is C15H18BrNOS. The van der Waals surface area contributed by atoms with Gasteiger partial charge in [0.05, 0.1) is 7.11 Å². The molecule has 0 saturated heterocycles. The van der Waals surface area contributed by atoms with Gasteiger partial charge in [0, 0.05) is 9.35 Å². The zero-order valence-corrected chi connectivity index (χ0v) is 13.3. The molecular weight excluding hydrogens is 322 g/mol. The number of hydrogen-bond acceptors (Lipinski definition) is 3. The maximum Gasteiger partial charge on any atom is 0.122 e. The maximum atomic E-state index is 5.93. The molecule has 0 radical (unpaired) electrons. The summed E-state index contributed by atoms with van der Waals surface area (Å²) in [4.78, 5) is 1.37. The predicted molar refractivity (Wildman–Crippen MR) is 85.0 cm³/mol. The number of ether oxygens (including phenoxy) is 1. The molecule has 0 aliphatic heterocycles. The van der Waals surface area contributed by atoms with E-state index in [0.29, 0.717) is 12.5 Å². The van der Waals surface area contributed by atoms with Crippen LogP contribution in [0.25, 0.3) is 0 Å². The van der Waals surface area contributed by atoms with Crippen molar-refractivity contribution in [1.82, 2.24) is 0 Å². The molecule has 0 aliphatic carbocycles. The average molecular weight is 340 g/mol. The summed E-state index contributed by atoms with van der Waals surface area (Å²) in [6.45, 7) is 0.683. The van der Waals surface area contributed by atoms with Crippen molar-refractivity contribution in [3.8, 4) is 5.75 Å². The lowest BCUT2D eigenvalue weighted by Crippen LogP contribution is -2.19. The van der Waals surface area contributed by atoms with Gasteiger partial charge in [0.1, 0.15) is 5.75 Å². The Morgan fingerprint density at radius 2 is 2.05 bits per heavy atom. The second-order valence-electron chi connectivity index (χ2n) is 4.51. The second kappa shape index (κ2) is 7.08. The van der Waals surface area contributed by atoms with Gasteiger partial charge < -0.3 is 10.5 Å². The van der Waals surface area contributed by atoms with Gasteiger partial charge in [0.25, 0.3) is 0 Å². The van der Waals surface area contributed by atoms with Crippen LogP contribution in [0.5, 0.6) is 5.75 Å². The van der Waals surface area contributed by atoms with E-state index in [9.17, 15) is 0 Å². The largest absolute Gasteiger partial charge is 0.496 e. The summed E-state index contributed by atoms with van der Waals surface area (Å²) in [6.07, 6.45) is 1.96. The number of methoxy groups -OCH3 is 1. The molecule has 19 heavy (non-hydrogen) atoms. The van der Waals surface area contributed by atoms with Crippen LogP contribution in [0.3, 0.4) is 0 Å². The highest BCUT2D eigenvalue weighted by Crippen LogP contribution is 2.28. The molecule has 1 heterocycles. The lowest BCUT2D eigenvalue weighted by molar-refractivity contribution is 0.404. The third-order valence-corrected chi connectivity index (χ3v) is 5.15. The fourth-order valence-corrected chi connectivity index (χ4v) is 3.78. The topological polar surface area (TPSA) is 35.2 Å². The van der Waals surface area contributed by atoms with Gasteiger partial charge in [0.2, 0.25) is 0 Å². The Balaban J connectivity index is 2.09. The smallest absolute Gasteiger partial charge is 0.122 e. The van der Waals surface area contributed by atoms with Gasteiger partial charge in [-0.3, -0.25) is 0 Å². The highest BCUT2D eigenvalue weighted by molar-refractivity contribution is 9.10. The molecule has 2 N–H and O–H groups in total. The van der Waals surface area contributed by atoms with Gasteiger partial charge in [-0.05, 0) is 64.3 Å². The van der Waals surface area contributed by atoms with Crippen molar-refractivity contribution in [2.75, 3.05) is 13.7 Å². The Hall–Kier alpha value is -0.840. The first kappa shape index (κ1) is 14.6. The zero-order valence-electron chi connectivity index (χ0n) is 10.9. The SMILES string of the molecule is COc1ccccc1CC(CN)Cc1sccc1Br. The van der Waals surface area contributed by atoms with Crippen LogP contribution in [0.15, 0.2) is 40.2 Å². The van der Waals surface area contributed by atoms with Crippen molar-refractivity contribution in [3.63, 3.8) is 0 Å². The molecule has 0 aliphatic rings. The summed E-state index contributed by atoms with van der Waals surface area (Å²) in [5, 5.41) is 2.11. The van der Waals surface area contributed by atoms with E-state index in [1.54, 1.807) is 18.4 Å². The third-order valence-electron chi connectivity index (χ3n) is 3.20. The van der Waals surface area contributed by atoms with Gasteiger partial charge in [-0.25, -0.2) is 0 Å². The van der Waals surface area contributed by atoms with E-state index in [1.165, 1.54) is 14.9 Å². The highest BCUT2D eigenvalue weighted by atomic mass is 79.9. The number of thiophene rings is 1. The van der Waals surface area contributed by atoms with E-state index in [4.69, 9.17) is 10.5 Å². The first-order chi connectivity index (χ1) is 9.24. The van der Waals surface area contributed by atoms with E-state index in [1.807, 2.05) is 18.2 Å². The first-order valence-electron chi connectivity index (χ1n) is 6.28. The average Bonchev–Trinajstić information content (AvgIpc) is 2.84. The number of rotatable bonds is 6. The Kier molecular flexibility index (Phi) is 5.43. The Labute approximate surface area is 126 Å². The Morgan fingerprint density at radius 1 is 1.26 bits per heavy atom. The molecule has 1 atom stereocenters. The summed E-state index contributed by atoms with van der Waals surface area (Å²) >= 11 is 5.36. The monoisotopic (exact) mass is 339 g/mol. The molecule has 0 amide bonds. The molecule has 0 bridgehead atoms. The first-order valence-corrected chi connectivity index (χ1v) is 7.95. The minimum atomic E-state index is 0.436. The van der Waals surface area contributed by atoms with Crippen LogP contribution in [-0.2, 0) is 12.8 Å². The molecule has 2 aromatic rings. The quantitative estimate of drug-likeness (QED) is 0.866. The van der Waals surface area contributed by atoms with Gasteiger partial charge in [-0.2, -0.15) is 0 Å². The molecule has 4 heteroatoms. The van der Waals surface area contributed by atoms with Crippen molar-refractivity contribution in [2.24, 2.45) is 11.7 Å². The molecule has 1 aromatic heterocycles. The predicted octanol–water partition coefficient (Wildman–Crippen LogP) is 3.88. The number of halogens is 1. The van der Waals surface area contributed by atoms with Crippen LogP contribution >= 0.6 is 27.3 Å². The van der Waals surface area contributed by atoms with Crippen LogP contribution in [0.2, 0.25) is 0 Å². The fraction of sp³-hybridized carbons (Fsp3) is 0.333. The van der Waals surface area contributed by atoms with Crippen LogP contribution in [-0.4, -0.2) is 13.7 Å². The molecule has 0 saturated carbocycles. The van der Waals surface area contributed by atoms with Gasteiger partial charge in [0.15, 0.2) is 0 Å². The van der Waals surface area contributed by atoms with E-state index in [0.717, 1.165) is 18.6 Å². The second-order valence-corrected chi connectivity index (χ2v) is 6.37. The standard InChI is InChI=1S/C15H18BrNOS/c1-18-14-5-3-2-4-12(14)8-11(10-17)9-15-13(16)6-7-19-15/h2-7,11H,8-10,17H2,1H3. The van der Waals surface area contributed by atoms with Crippen LogP contribution < -0.4 is 10.5 Å². The molecule has 1 unspecified atom stereocenters. The summed E-state index contributed by atoms with van der Waals surface area (Å²) in [7, 11) is 1.71. The maximum absolute atomic E-state index is 5.93. The van der Waals surface area contributed by atoms with Gasteiger partial charge in [-0.15, -0.1) is 11.3 Å². The normalized spacial score (nSPS) is 12.4. The van der Waals surface area contributed by atoms with Crippen molar-refractivity contribution in [2.45, 2.75) is 12.8 Å². The van der Waals surface area contributed by atoms with Gasteiger partial charge in [-0.1, -0.05) is 18.2 Å². The lowest BCUT2D eigenvalue weighted by atomic mass is 9.95. The van der Waals surface area contributed by atoms with Crippen molar-refractivity contribution >= 4 is 27.3 Å². The molecule has 102 valence electrons. The van der Waals surface area contributed by atoms with Crippen LogP contribution in [0.4, 0.5) is 0 Å². The molecule has 0 fully saturated rings. The Bertz CT molecular complexity index is 526. The molecule has 1 aromatic carbocycles. The number of benzene rings is 1. The summed E-state index contributed by atoms with van der Waals surface area (Å²) in [5.74, 6) is 1.39. The zero-order chi connectivity index (χ0) is 13.7. The van der Waals surface area contributed by atoms with Crippen LogP contribution in [0.1, 0.15) is 10.4 Å². The number of hydrogen-bond donors (Lipinski definition) is 1. The van der Waals surface area contributed by atoms with E-state index in [-0.39, 0.29) is 0 Å². The van der Waals surface area contributed by atoms with E-state index < -0.39 is 0 Å². The molecule has 0 spiro atoms. The number of nitrogens with two attached hydrogens (primary N) is 1. The Morgan fingerprint density at radius 3 is 2.68 bits per heavy atom. The summed E-state index contributed by atoms with van der Waals surface area (Å²) in [6, 6.07) is 10.3. The fourth-order valence-electron chi connectivity index (χ4n) is 2.15. The number of para-hydroxylation sites is 1. The molecule has 2 rings (SSSR count). The lowest BCUT2D eigenvalue weighted by Gasteiger charge is -2.16. The van der Waals surface area contributed by atoms with Gasteiger partial charge >= 0.3 is 0 Å². The van der Waals surface area contributed by atoms with Crippen molar-refractivity contribution < 1.29 is 4.74 Å². The van der Waals surface area contributed by atoms with E-state index >= 15 is 0 Å². The molecule has 2 nitrogen and oxygen atoms in total. The highest BCUT2D eigenvalue weighted by Gasteiger charge is 2.14. The van der Waals surface area contributed by atoms with Crippen LogP contribution in [0, 0.1) is 5.92 Å². The summed E-state index contributed by atoms with van der Waals surface area (Å²) < 4.78 is 6.59. The van der Waals surface area contributed by atoms with E-state index in [2.05, 4.69) is 33.4 Å². The minimum Gasteiger partial charge on any atom is -0.496 e. The summed E-state index contributed by atoms with van der Waals surface area (Å²) in [5.41, 5.74) is 7.16. The third kappa shape index (κ3) is 3.81. The minimum absolute atomic E-state index is 0.436. The van der Waals surface area contributed by atoms with Crippen molar-refractivity contribution in [3.05, 3.63) is 50.6 Å².